The maximum atomic E-state index is 6.25. The SMILES string of the molecule is COc1ccc(Cn2c(N)nc3cccc(Cl)c32)cc1. The Labute approximate surface area is 121 Å². The first kappa shape index (κ1) is 12.8. The molecule has 0 atom stereocenters. The van der Waals surface area contributed by atoms with Crippen LogP contribution in [0.15, 0.2) is 42.5 Å². The molecule has 0 radical (unpaired) electrons. The van der Waals surface area contributed by atoms with E-state index in [2.05, 4.69) is 4.98 Å². The number of methoxy groups -OCH3 is 1. The predicted octanol–water partition coefficient (Wildman–Crippen LogP) is 3.33. The standard InChI is InChI=1S/C15H14ClN3O/c1-20-11-7-5-10(6-8-11)9-19-14-12(16)3-2-4-13(14)18-15(19)17/h2-8H,9H2,1H3,(H2,17,18). The van der Waals surface area contributed by atoms with Crippen molar-refractivity contribution >= 4 is 28.6 Å². The molecule has 1 heterocycles. The highest BCUT2D eigenvalue weighted by Crippen LogP contribution is 2.26. The van der Waals surface area contributed by atoms with E-state index in [0.717, 1.165) is 22.3 Å². The number of para-hydroxylation sites is 1. The summed E-state index contributed by atoms with van der Waals surface area (Å²) in [4.78, 5) is 4.34. The monoisotopic (exact) mass is 287 g/mol. The van der Waals surface area contributed by atoms with Crippen LogP contribution in [-0.4, -0.2) is 16.7 Å². The van der Waals surface area contributed by atoms with Crippen molar-refractivity contribution in [1.29, 1.82) is 0 Å². The molecular weight excluding hydrogens is 274 g/mol. The molecule has 4 nitrogen and oxygen atoms in total. The summed E-state index contributed by atoms with van der Waals surface area (Å²) in [6.07, 6.45) is 0. The molecule has 0 fully saturated rings. The lowest BCUT2D eigenvalue weighted by Crippen LogP contribution is -2.04. The summed E-state index contributed by atoms with van der Waals surface area (Å²) in [7, 11) is 1.65. The number of nitrogen functional groups attached to an aromatic ring is 1. The second-order valence-electron chi connectivity index (χ2n) is 4.51. The first-order valence-corrected chi connectivity index (χ1v) is 6.60. The van der Waals surface area contributed by atoms with E-state index in [1.165, 1.54) is 0 Å². The predicted molar refractivity (Wildman–Crippen MR) is 81.3 cm³/mol. The molecule has 0 aliphatic heterocycles. The molecule has 1 aromatic heterocycles. The molecule has 0 spiro atoms. The van der Waals surface area contributed by atoms with Gasteiger partial charge in [-0.05, 0) is 29.8 Å². The van der Waals surface area contributed by atoms with Gasteiger partial charge < -0.3 is 15.0 Å². The Bertz CT molecular complexity index is 750. The van der Waals surface area contributed by atoms with Crippen molar-refractivity contribution in [2.45, 2.75) is 6.54 Å². The van der Waals surface area contributed by atoms with E-state index in [1.54, 1.807) is 7.11 Å². The molecule has 0 aliphatic carbocycles. The second-order valence-corrected chi connectivity index (χ2v) is 4.92. The van der Waals surface area contributed by atoms with E-state index >= 15 is 0 Å². The average molecular weight is 288 g/mol. The molecule has 0 saturated carbocycles. The molecule has 0 saturated heterocycles. The van der Waals surface area contributed by atoms with Crippen LogP contribution in [0.1, 0.15) is 5.56 Å². The topological polar surface area (TPSA) is 53.1 Å². The number of aromatic nitrogens is 2. The van der Waals surface area contributed by atoms with Crippen molar-refractivity contribution in [1.82, 2.24) is 9.55 Å². The van der Waals surface area contributed by atoms with Gasteiger partial charge in [-0.15, -0.1) is 0 Å². The van der Waals surface area contributed by atoms with E-state index < -0.39 is 0 Å². The summed E-state index contributed by atoms with van der Waals surface area (Å²) in [5.74, 6) is 1.29. The Morgan fingerprint density at radius 2 is 1.95 bits per heavy atom. The highest BCUT2D eigenvalue weighted by molar-refractivity contribution is 6.35. The second kappa shape index (κ2) is 5.06. The van der Waals surface area contributed by atoms with E-state index in [1.807, 2.05) is 47.0 Å². The molecule has 0 amide bonds. The molecule has 2 aromatic carbocycles. The number of hydrogen-bond donors (Lipinski definition) is 1. The lowest BCUT2D eigenvalue weighted by atomic mass is 10.2. The smallest absolute Gasteiger partial charge is 0.201 e. The zero-order valence-corrected chi connectivity index (χ0v) is 11.8. The summed E-state index contributed by atoms with van der Waals surface area (Å²) < 4.78 is 7.07. The maximum Gasteiger partial charge on any atom is 0.201 e. The molecule has 102 valence electrons. The van der Waals surface area contributed by atoms with Crippen LogP contribution >= 0.6 is 11.6 Å². The highest BCUT2D eigenvalue weighted by atomic mass is 35.5. The summed E-state index contributed by atoms with van der Waals surface area (Å²) in [5.41, 5.74) is 8.77. The van der Waals surface area contributed by atoms with Crippen LogP contribution in [0.5, 0.6) is 5.75 Å². The van der Waals surface area contributed by atoms with Gasteiger partial charge in [0.1, 0.15) is 5.75 Å². The lowest BCUT2D eigenvalue weighted by molar-refractivity contribution is 0.414. The molecule has 0 bridgehead atoms. The number of imidazole rings is 1. The number of rotatable bonds is 3. The summed E-state index contributed by atoms with van der Waals surface area (Å²) in [6, 6.07) is 13.5. The molecule has 2 N–H and O–H groups in total. The van der Waals surface area contributed by atoms with Crippen molar-refractivity contribution in [2.24, 2.45) is 0 Å². The normalized spacial score (nSPS) is 10.9. The zero-order valence-electron chi connectivity index (χ0n) is 11.0. The van der Waals surface area contributed by atoms with Gasteiger partial charge in [-0.25, -0.2) is 4.98 Å². The van der Waals surface area contributed by atoms with Gasteiger partial charge in [-0.2, -0.15) is 0 Å². The van der Waals surface area contributed by atoms with Crippen LogP contribution < -0.4 is 10.5 Å². The van der Waals surface area contributed by atoms with Gasteiger partial charge in [-0.3, -0.25) is 0 Å². The third-order valence-electron chi connectivity index (χ3n) is 3.25. The van der Waals surface area contributed by atoms with E-state index in [4.69, 9.17) is 22.1 Å². The van der Waals surface area contributed by atoms with Crippen LogP contribution in [0.3, 0.4) is 0 Å². The Balaban J connectivity index is 2.03. The zero-order chi connectivity index (χ0) is 14.1. The number of fused-ring (bicyclic) bond motifs is 1. The van der Waals surface area contributed by atoms with Gasteiger partial charge in [0.25, 0.3) is 0 Å². The molecule has 5 heteroatoms. The van der Waals surface area contributed by atoms with Crippen molar-refractivity contribution in [3.05, 3.63) is 53.1 Å². The fourth-order valence-corrected chi connectivity index (χ4v) is 2.50. The fourth-order valence-electron chi connectivity index (χ4n) is 2.23. The molecule has 3 aromatic rings. The minimum Gasteiger partial charge on any atom is -0.497 e. The molecule has 3 rings (SSSR count). The number of anilines is 1. The largest absolute Gasteiger partial charge is 0.497 e. The van der Waals surface area contributed by atoms with Crippen LogP contribution in [0, 0.1) is 0 Å². The van der Waals surface area contributed by atoms with Crippen LogP contribution in [0.2, 0.25) is 5.02 Å². The summed E-state index contributed by atoms with van der Waals surface area (Å²) in [6.45, 7) is 0.621. The average Bonchev–Trinajstić information content (AvgIpc) is 2.77. The summed E-state index contributed by atoms with van der Waals surface area (Å²) in [5, 5.41) is 0.653. The van der Waals surface area contributed by atoms with Crippen LogP contribution in [-0.2, 0) is 6.54 Å². The Kier molecular flexibility index (Phi) is 3.24. The van der Waals surface area contributed by atoms with E-state index in [0.29, 0.717) is 17.5 Å². The minimum atomic E-state index is 0.462. The third-order valence-corrected chi connectivity index (χ3v) is 3.55. The maximum absolute atomic E-state index is 6.25. The van der Waals surface area contributed by atoms with Gasteiger partial charge in [0, 0.05) is 0 Å². The van der Waals surface area contributed by atoms with Crippen LogP contribution in [0.25, 0.3) is 11.0 Å². The Morgan fingerprint density at radius 1 is 1.20 bits per heavy atom. The molecule has 0 unspecified atom stereocenters. The number of halogens is 1. The Morgan fingerprint density at radius 3 is 2.65 bits per heavy atom. The quantitative estimate of drug-likeness (QED) is 0.804. The first-order chi connectivity index (χ1) is 9.69. The van der Waals surface area contributed by atoms with Gasteiger partial charge >= 0.3 is 0 Å². The molecule has 0 aliphatic rings. The molecule has 20 heavy (non-hydrogen) atoms. The van der Waals surface area contributed by atoms with Crippen molar-refractivity contribution in [3.8, 4) is 5.75 Å². The van der Waals surface area contributed by atoms with Crippen molar-refractivity contribution in [3.63, 3.8) is 0 Å². The first-order valence-electron chi connectivity index (χ1n) is 6.22. The fraction of sp³-hybridized carbons (Fsp3) is 0.133. The Hall–Kier alpha value is -2.20. The third kappa shape index (κ3) is 2.18. The summed E-state index contributed by atoms with van der Waals surface area (Å²) >= 11 is 6.25. The number of nitrogens with zero attached hydrogens (tertiary/aromatic N) is 2. The lowest BCUT2D eigenvalue weighted by Gasteiger charge is -2.08. The van der Waals surface area contributed by atoms with Crippen LogP contribution in [0.4, 0.5) is 5.95 Å². The van der Waals surface area contributed by atoms with Gasteiger partial charge in [0.15, 0.2) is 0 Å². The number of benzene rings is 2. The molecular formula is C15H14ClN3O. The number of ether oxygens (including phenoxy) is 1. The number of nitrogens with two attached hydrogens (primary N) is 1. The van der Waals surface area contributed by atoms with Crippen molar-refractivity contribution < 1.29 is 4.74 Å². The van der Waals surface area contributed by atoms with Gasteiger partial charge in [0.05, 0.1) is 29.7 Å². The highest BCUT2D eigenvalue weighted by Gasteiger charge is 2.11. The van der Waals surface area contributed by atoms with Crippen molar-refractivity contribution in [2.75, 3.05) is 12.8 Å². The van der Waals surface area contributed by atoms with Gasteiger partial charge in [0.2, 0.25) is 5.95 Å². The van der Waals surface area contributed by atoms with E-state index in [9.17, 15) is 0 Å². The number of hydrogen-bond acceptors (Lipinski definition) is 3. The minimum absolute atomic E-state index is 0.462. The van der Waals surface area contributed by atoms with E-state index in [-0.39, 0.29) is 0 Å². The van der Waals surface area contributed by atoms with Gasteiger partial charge in [-0.1, -0.05) is 29.8 Å².